The van der Waals surface area contributed by atoms with Crippen molar-refractivity contribution in [2.45, 2.75) is 13.0 Å². The minimum Gasteiger partial charge on any atom is -0.465 e. The number of amides is 1. The molecular formula is C13H16F2N2O3S. The molecule has 0 aromatic heterocycles. The van der Waals surface area contributed by atoms with Crippen LogP contribution in [0.5, 0.6) is 0 Å². The van der Waals surface area contributed by atoms with Gasteiger partial charge in [0, 0.05) is 11.8 Å². The van der Waals surface area contributed by atoms with E-state index in [0.717, 1.165) is 30.0 Å². The van der Waals surface area contributed by atoms with E-state index in [4.69, 9.17) is 10.5 Å². The van der Waals surface area contributed by atoms with Gasteiger partial charge in [-0.15, -0.1) is 11.8 Å². The Balaban J connectivity index is 2.38. The fraction of sp³-hybridized carbons (Fsp3) is 0.385. The van der Waals surface area contributed by atoms with Crippen molar-refractivity contribution >= 4 is 29.3 Å². The summed E-state index contributed by atoms with van der Waals surface area (Å²) in [5.41, 5.74) is 5.32. The lowest BCUT2D eigenvalue weighted by molar-refractivity contribution is -0.144. The van der Waals surface area contributed by atoms with Gasteiger partial charge in [-0.2, -0.15) is 0 Å². The van der Waals surface area contributed by atoms with E-state index in [1.807, 2.05) is 0 Å². The lowest BCUT2D eigenvalue weighted by atomic mass is 10.3. The number of thioether (sulfide) groups is 1. The Morgan fingerprint density at radius 2 is 2.14 bits per heavy atom. The molecule has 1 amide bonds. The third-order valence-electron chi connectivity index (χ3n) is 2.32. The highest BCUT2D eigenvalue weighted by Crippen LogP contribution is 2.15. The maximum atomic E-state index is 13.3. The van der Waals surface area contributed by atoms with Crippen LogP contribution in [0.4, 0.5) is 14.5 Å². The quantitative estimate of drug-likeness (QED) is 0.745. The number of halogens is 2. The number of ether oxygens (including phenoxy) is 1. The van der Waals surface area contributed by atoms with Crippen molar-refractivity contribution in [1.29, 1.82) is 0 Å². The second kappa shape index (κ2) is 8.58. The third kappa shape index (κ3) is 6.09. The van der Waals surface area contributed by atoms with Crippen LogP contribution < -0.4 is 11.1 Å². The van der Waals surface area contributed by atoms with Gasteiger partial charge < -0.3 is 15.8 Å². The maximum absolute atomic E-state index is 13.3. The van der Waals surface area contributed by atoms with E-state index < -0.39 is 29.6 Å². The number of hydrogen-bond donors (Lipinski definition) is 2. The van der Waals surface area contributed by atoms with Crippen LogP contribution in [0.25, 0.3) is 0 Å². The summed E-state index contributed by atoms with van der Waals surface area (Å²) < 4.78 is 30.9. The highest BCUT2D eigenvalue weighted by Gasteiger charge is 2.15. The number of carbonyl (C=O) groups excluding carboxylic acids is 2. The molecule has 1 rings (SSSR count). The Hall–Kier alpha value is -1.67. The average molecular weight is 318 g/mol. The van der Waals surface area contributed by atoms with Gasteiger partial charge in [0.1, 0.15) is 17.7 Å². The lowest BCUT2D eigenvalue weighted by Gasteiger charge is -2.10. The van der Waals surface area contributed by atoms with Crippen molar-refractivity contribution in [1.82, 2.24) is 0 Å². The van der Waals surface area contributed by atoms with Crippen molar-refractivity contribution in [2.24, 2.45) is 5.73 Å². The second-order valence-corrected chi connectivity index (χ2v) is 5.08. The molecular weight excluding hydrogens is 302 g/mol. The zero-order valence-corrected chi connectivity index (χ0v) is 12.2. The fourth-order valence-electron chi connectivity index (χ4n) is 1.38. The Morgan fingerprint density at radius 1 is 1.43 bits per heavy atom. The zero-order valence-electron chi connectivity index (χ0n) is 11.4. The van der Waals surface area contributed by atoms with Gasteiger partial charge >= 0.3 is 5.97 Å². The third-order valence-corrected chi connectivity index (χ3v) is 3.38. The molecule has 0 aliphatic heterocycles. The van der Waals surface area contributed by atoms with Crippen molar-refractivity contribution in [3.63, 3.8) is 0 Å². The largest absolute Gasteiger partial charge is 0.465 e. The summed E-state index contributed by atoms with van der Waals surface area (Å²) in [4.78, 5) is 22.8. The number of carbonyl (C=O) groups is 2. The van der Waals surface area contributed by atoms with Crippen molar-refractivity contribution in [3.8, 4) is 0 Å². The molecule has 3 N–H and O–H groups in total. The number of benzene rings is 1. The normalized spacial score (nSPS) is 11.8. The number of nitrogens with two attached hydrogens (primary N) is 1. The zero-order chi connectivity index (χ0) is 15.8. The Labute approximate surface area is 125 Å². The molecule has 1 atom stereocenters. The molecule has 1 aromatic carbocycles. The van der Waals surface area contributed by atoms with E-state index in [1.54, 1.807) is 6.92 Å². The van der Waals surface area contributed by atoms with Gasteiger partial charge in [0.05, 0.1) is 18.0 Å². The summed E-state index contributed by atoms with van der Waals surface area (Å²) in [7, 11) is 0. The first kappa shape index (κ1) is 17.4. The highest BCUT2D eigenvalue weighted by atomic mass is 32.2. The molecule has 0 aliphatic rings. The standard InChI is InChI=1S/C13H16F2N2O3S/c1-2-20-13(19)10(16)6-21-7-12(18)17-11-5-8(14)3-4-9(11)15/h3-5,10H,2,6-7,16H2,1H3,(H,17,18). The summed E-state index contributed by atoms with van der Waals surface area (Å²) >= 11 is 1.10. The van der Waals surface area contributed by atoms with Gasteiger partial charge in [-0.05, 0) is 19.1 Å². The molecule has 0 saturated carbocycles. The number of esters is 1. The highest BCUT2D eigenvalue weighted by molar-refractivity contribution is 8.00. The molecule has 0 bridgehead atoms. The van der Waals surface area contributed by atoms with Crippen LogP contribution in [0.3, 0.4) is 0 Å². The van der Waals surface area contributed by atoms with E-state index in [0.29, 0.717) is 0 Å². The molecule has 0 saturated heterocycles. The minimum absolute atomic E-state index is 0.0386. The summed E-state index contributed by atoms with van der Waals surface area (Å²) in [5, 5.41) is 2.25. The number of hydrogen-bond acceptors (Lipinski definition) is 5. The first-order valence-corrected chi connectivity index (χ1v) is 7.34. The van der Waals surface area contributed by atoms with E-state index in [9.17, 15) is 18.4 Å². The van der Waals surface area contributed by atoms with Crippen molar-refractivity contribution in [2.75, 3.05) is 23.4 Å². The molecule has 0 fully saturated rings. The van der Waals surface area contributed by atoms with E-state index in [1.165, 1.54) is 0 Å². The first-order valence-electron chi connectivity index (χ1n) is 6.19. The Kier molecular flexibility index (Phi) is 7.10. The molecule has 5 nitrogen and oxygen atoms in total. The number of rotatable bonds is 7. The monoisotopic (exact) mass is 318 g/mol. The topological polar surface area (TPSA) is 81.4 Å². The SMILES string of the molecule is CCOC(=O)C(N)CSCC(=O)Nc1cc(F)ccc1F. The predicted molar refractivity (Wildman–Crippen MR) is 76.9 cm³/mol. The Morgan fingerprint density at radius 3 is 2.81 bits per heavy atom. The summed E-state index contributed by atoms with van der Waals surface area (Å²) in [6, 6.07) is 1.95. The van der Waals surface area contributed by atoms with Crippen LogP contribution >= 0.6 is 11.8 Å². The van der Waals surface area contributed by atoms with Gasteiger partial charge in [0.2, 0.25) is 5.91 Å². The molecule has 0 heterocycles. The van der Waals surface area contributed by atoms with Crippen LogP contribution in [0, 0.1) is 11.6 Å². The summed E-state index contributed by atoms with van der Waals surface area (Å²) in [5.74, 6) is -2.27. The lowest BCUT2D eigenvalue weighted by Crippen LogP contribution is -2.35. The van der Waals surface area contributed by atoms with Crippen LogP contribution in [-0.2, 0) is 14.3 Å². The average Bonchev–Trinajstić information content (AvgIpc) is 2.43. The van der Waals surface area contributed by atoms with Gasteiger partial charge in [-0.3, -0.25) is 9.59 Å². The van der Waals surface area contributed by atoms with Crippen molar-refractivity contribution < 1.29 is 23.1 Å². The fourth-order valence-corrected chi connectivity index (χ4v) is 2.14. The second-order valence-electron chi connectivity index (χ2n) is 4.05. The number of nitrogens with one attached hydrogen (secondary N) is 1. The van der Waals surface area contributed by atoms with Crippen molar-refractivity contribution in [3.05, 3.63) is 29.8 Å². The van der Waals surface area contributed by atoms with E-state index in [2.05, 4.69) is 5.32 Å². The van der Waals surface area contributed by atoms with Crippen LogP contribution in [-0.4, -0.2) is 36.0 Å². The van der Waals surface area contributed by atoms with E-state index >= 15 is 0 Å². The molecule has 8 heteroatoms. The summed E-state index contributed by atoms with van der Waals surface area (Å²) in [6.45, 7) is 1.90. The number of anilines is 1. The first-order chi connectivity index (χ1) is 9.93. The smallest absolute Gasteiger partial charge is 0.323 e. The van der Waals surface area contributed by atoms with Gasteiger partial charge in [-0.1, -0.05) is 0 Å². The van der Waals surface area contributed by atoms with Crippen LogP contribution in [0.2, 0.25) is 0 Å². The van der Waals surface area contributed by atoms with Gasteiger partial charge in [0.15, 0.2) is 0 Å². The minimum atomic E-state index is -0.825. The maximum Gasteiger partial charge on any atom is 0.323 e. The molecule has 0 radical (unpaired) electrons. The van der Waals surface area contributed by atoms with E-state index in [-0.39, 0.29) is 23.8 Å². The molecule has 1 unspecified atom stereocenters. The molecule has 21 heavy (non-hydrogen) atoms. The van der Waals surface area contributed by atoms with Gasteiger partial charge in [-0.25, -0.2) is 8.78 Å². The molecule has 0 aliphatic carbocycles. The molecule has 1 aromatic rings. The van der Waals surface area contributed by atoms with Gasteiger partial charge in [0.25, 0.3) is 0 Å². The predicted octanol–water partition coefficient (Wildman–Crippen LogP) is 1.53. The van der Waals surface area contributed by atoms with Crippen LogP contribution in [0.1, 0.15) is 6.92 Å². The van der Waals surface area contributed by atoms with Crippen LogP contribution in [0.15, 0.2) is 18.2 Å². The summed E-state index contributed by atoms with van der Waals surface area (Å²) in [6.07, 6.45) is 0. The Bertz CT molecular complexity index is 514. The molecule has 116 valence electrons. The molecule has 0 spiro atoms.